The molecule has 0 bridgehead atoms. The van der Waals surface area contributed by atoms with Crippen LogP contribution in [0.3, 0.4) is 0 Å². The first-order valence-electron chi connectivity index (χ1n) is 1.51. The van der Waals surface area contributed by atoms with Crippen LogP contribution in [0.5, 0.6) is 0 Å². The van der Waals surface area contributed by atoms with Crippen molar-refractivity contribution in [1.29, 1.82) is 0 Å². The Morgan fingerprint density at radius 2 is 0.407 bits per heavy atom. The Morgan fingerprint density at radius 1 is 0.407 bits per heavy atom. The minimum absolute atomic E-state index is 0. The van der Waals surface area contributed by atoms with Crippen molar-refractivity contribution in [3.05, 3.63) is 0 Å². The largest absolute Gasteiger partial charge is 1.00 e. The summed E-state index contributed by atoms with van der Waals surface area (Å²) in [5.41, 5.74) is 0. The van der Waals surface area contributed by atoms with E-state index in [1.807, 2.05) is 0 Å². The van der Waals surface area contributed by atoms with E-state index < -0.39 is 15.6 Å². The predicted octanol–water partition coefficient (Wildman–Crippen LogP) is -24.3. The third-order valence-electron chi connectivity index (χ3n) is 0. The molecule has 0 saturated carbocycles. The third-order valence-corrected chi connectivity index (χ3v) is 0. The molecule has 0 aliphatic carbocycles. The van der Waals surface area contributed by atoms with Crippen molar-refractivity contribution in [3.8, 4) is 0 Å². The minimum Gasteiger partial charge on any atom is -0.790 e. The maximum absolute atomic E-state index is 8.77. The van der Waals surface area contributed by atoms with Crippen LogP contribution in [-0.2, 0) is 9.13 Å². The summed E-state index contributed by atoms with van der Waals surface area (Å²) in [6.45, 7) is 0. The quantitative estimate of drug-likeness (QED) is 0.205. The van der Waals surface area contributed by atoms with Gasteiger partial charge in [0.1, 0.15) is 0 Å². The molecule has 176 valence electrons. The molecule has 0 heterocycles. The molecule has 0 saturated heterocycles. The van der Waals surface area contributed by atoms with Crippen molar-refractivity contribution < 1.29 is 204 Å². The molecule has 0 radical (unpaired) electrons. The standard InChI is InChI=1S/3Na.2H3O4P.14H2O/c;;;2*1-5(2,3)4;;;;;;;;;;;;;;/h;;;2*(H3,1,2,3,4);14*1H2/q3*+1;;;;;;;;;;;;;;;;/p-3. The fourth-order valence-electron chi connectivity index (χ4n) is 0. The fraction of sp³-hybridized carbons (Fsp3) is 0. The molecule has 0 amide bonds. The van der Waals surface area contributed by atoms with Gasteiger partial charge in [-0.05, 0) is 0 Å². The molecule has 0 aromatic rings. The van der Waals surface area contributed by atoms with E-state index in [9.17, 15) is 0 Å². The van der Waals surface area contributed by atoms with Gasteiger partial charge in [-0.1, -0.05) is 0 Å². The summed E-state index contributed by atoms with van der Waals surface area (Å²) < 4.78 is 17.4. The Morgan fingerprint density at radius 3 is 0.407 bits per heavy atom. The second kappa shape index (κ2) is 102. The van der Waals surface area contributed by atoms with Crippen molar-refractivity contribution in [3.63, 3.8) is 0 Å². The summed E-state index contributed by atoms with van der Waals surface area (Å²) in [4.78, 5) is 47.2. The van der Waals surface area contributed by atoms with E-state index in [-0.39, 0.29) is 165 Å². The summed E-state index contributed by atoms with van der Waals surface area (Å²) in [5, 5.41) is 0. The average Bonchev–Trinajstić information content (AvgIpc) is 1.12. The first-order valence-corrected chi connectivity index (χ1v) is 4.54. The van der Waals surface area contributed by atoms with Crippen molar-refractivity contribution in [2.75, 3.05) is 0 Å². The Kier molecular flexibility index (Phi) is 810. The topological polar surface area (TPSA) is 605 Å². The molecule has 31 N–H and O–H groups in total. The first kappa shape index (κ1) is 214. The van der Waals surface area contributed by atoms with Crippen LogP contribution < -0.4 is 103 Å². The van der Waals surface area contributed by atoms with Crippen molar-refractivity contribution in [1.82, 2.24) is 0 Å². The maximum Gasteiger partial charge on any atom is 1.00 e. The third kappa shape index (κ3) is 2880. The van der Waals surface area contributed by atoms with Crippen LogP contribution >= 0.6 is 15.6 Å². The van der Waals surface area contributed by atoms with Crippen LogP contribution in [0.1, 0.15) is 0 Å². The zero-order chi connectivity index (χ0) is 9.00. The Bertz CT molecular complexity index is 136. The molecule has 27 heavy (non-hydrogen) atoms. The normalized spacial score (nSPS) is 4.37. The number of hydrogen-bond acceptors (Lipinski definition) is 5. The van der Waals surface area contributed by atoms with Crippen LogP contribution in [0.15, 0.2) is 0 Å². The second-order valence-corrected chi connectivity index (χ2v) is 2.88. The Balaban J connectivity index is -0.00000000171. The van der Waals surface area contributed by atoms with Gasteiger partial charge in [0.25, 0.3) is 7.82 Å². The zero-order valence-corrected chi connectivity index (χ0v) is 22.1. The van der Waals surface area contributed by atoms with Crippen molar-refractivity contribution in [2.24, 2.45) is 0 Å². The molecule has 22 nitrogen and oxygen atoms in total. The van der Waals surface area contributed by atoms with Crippen LogP contribution in [0.25, 0.3) is 0 Å². The molecular formula is H31Na3O22P2. The van der Waals surface area contributed by atoms with Gasteiger partial charge in [-0.3, -0.25) is 4.57 Å². The SMILES string of the molecule is O.O.O.O.O.O.O.O.O.O.O.O.O.O.O=P([O-])(O)O.O=P([O-])([O-])O.[Na+].[Na+].[Na+]. The van der Waals surface area contributed by atoms with Crippen LogP contribution in [0.2, 0.25) is 0 Å². The van der Waals surface area contributed by atoms with E-state index in [1.165, 1.54) is 0 Å². The molecule has 27 heteroatoms. The molecule has 0 atom stereocenters. The summed E-state index contributed by atoms with van der Waals surface area (Å²) in [5.74, 6) is 0. The van der Waals surface area contributed by atoms with E-state index in [1.54, 1.807) is 0 Å². The van der Waals surface area contributed by atoms with Crippen LogP contribution in [-0.4, -0.2) is 91.3 Å². The van der Waals surface area contributed by atoms with Gasteiger partial charge in [0.2, 0.25) is 0 Å². The summed E-state index contributed by atoms with van der Waals surface area (Å²) in [6.07, 6.45) is 0. The summed E-state index contributed by atoms with van der Waals surface area (Å²) in [6, 6.07) is 0. The molecule has 0 aliphatic rings. The molecule has 0 aromatic heterocycles. The molecule has 0 spiro atoms. The Hall–Kier alpha value is 2.66. The van der Waals surface area contributed by atoms with E-state index in [0.717, 1.165) is 0 Å². The smallest absolute Gasteiger partial charge is 0.790 e. The zero-order valence-electron chi connectivity index (χ0n) is 14.3. The van der Waals surface area contributed by atoms with E-state index in [4.69, 9.17) is 38.5 Å². The van der Waals surface area contributed by atoms with E-state index in [0.29, 0.717) is 0 Å². The molecule has 0 fully saturated rings. The summed E-state index contributed by atoms with van der Waals surface area (Å²) >= 11 is 0. The molecule has 0 aromatic carbocycles. The van der Waals surface area contributed by atoms with Crippen LogP contribution in [0.4, 0.5) is 0 Å². The van der Waals surface area contributed by atoms with Crippen LogP contribution in [0, 0.1) is 0 Å². The first-order chi connectivity index (χ1) is 4.00. The Labute approximate surface area is 217 Å². The predicted molar refractivity (Wildman–Crippen MR) is 72.5 cm³/mol. The van der Waals surface area contributed by atoms with Crippen molar-refractivity contribution in [2.45, 2.75) is 0 Å². The number of hydrogen-bond donors (Lipinski definition) is 3. The van der Waals surface area contributed by atoms with Gasteiger partial charge in [0, 0.05) is 0 Å². The monoisotopic (exact) mass is 514 g/mol. The van der Waals surface area contributed by atoms with Gasteiger partial charge in [-0.25, -0.2) is 0 Å². The molecule has 0 aliphatic heterocycles. The van der Waals surface area contributed by atoms with Crippen molar-refractivity contribution >= 4 is 15.6 Å². The minimum atomic E-state index is -5.14. The summed E-state index contributed by atoms with van der Waals surface area (Å²) in [7, 11) is -10.0. The maximum atomic E-state index is 8.77. The van der Waals surface area contributed by atoms with E-state index >= 15 is 0 Å². The van der Waals surface area contributed by atoms with E-state index in [2.05, 4.69) is 0 Å². The number of rotatable bonds is 0. The molecule has 0 unspecified atom stereocenters. The van der Waals surface area contributed by atoms with Gasteiger partial charge in [-0.15, -0.1) is 0 Å². The van der Waals surface area contributed by atoms with Gasteiger partial charge >= 0.3 is 88.7 Å². The fourth-order valence-corrected chi connectivity index (χ4v) is 0. The molecular weight excluding hydrogens is 483 g/mol. The van der Waals surface area contributed by atoms with Gasteiger partial charge < -0.3 is 111 Å². The van der Waals surface area contributed by atoms with Gasteiger partial charge in [0.05, 0.1) is 7.82 Å². The number of phosphoric acid groups is 2. The van der Waals surface area contributed by atoms with Gasteiger partial charge in [0.15, 0.2) is 0 Å². The molecule has 0 rings (SSSR count). The van der Waals surface area contributed by atoms with Gasteiger partial charge in [-0.2, -0.15) is 0 Å². The second-order valence-electron chi connectivity index (χ2n) is 0.959. The average molecular weight is 514 g/mol.